The summed E-state index contributed by atoms with van der Waals surface area (Å²) in [4.78, 5) is 12.2. The molecule has 0 unspecified atom stereocenters. The van der Waals surface area contributed by atoms with Crippen molar-refractivity contribution < 1.29 is 9.21 Å². The Balaban J connectivity index is 2.54. The SMILES string of the molecule is Cc1cc(Cl)c2oc(C(=O)NC(C)(C)C)c(C)c2c1. The van der Waals surface area contributed by atoms with Crippen molar-refractivity contribution in [1.29, 1.82) is 0 Å². The minimum absolute atomic E-state index is 0.213. The Morgan fingerprint density at radius 2 is 1.89 bits per heavy atom. The Labute approximate surface area is 117 Å². The van der Waals surface area contributed by atoms with E-state index in [1.165, 1.54) is 0 Å². The van der Waals surface area contributed by atoms with Gasteiger partial charge in [0.05, 0.1) is 5.02 Å². The lowest BCUT2D eigenvalue weighted by atomic mass is 10.1. The van der Waals surface area contributed by atoms with Gasteiger partial charge in [-0.3, -0.25) is 4.79 Å². The van der Waals surface area contributed by atoms with Crippen LogP contribution in [0.3, 0.4) is 0 Å². The van der Waals surface area contributed by atoms with E-state index in [-0.39, 0.29) is 11.4 Å². The van der Waals surface area contributed by atoms with Crippen molar-refractivity contribution in [2.75, 3.05) is 0 Å². The van der Waals surface area contributed by atoms with Gasteiger partial charge in [0, 0.05) is 16.5 Å². The molecule has 1 amide bonds. The Hall–Kier alpha value is -1.48. The van der Waals surface area contributed by atoms with Crippen molar-refractivity contribution in [3.05, 3.63) is 34.0 Å². The topological polar surface area (TPSA) is 42.2 Å². The van der Waals surface area contributed by atoms with Gasteiger partial charge >= 0.3 is 0 Å². The van der Waals surface area contributed by atoms with Crippen molar-refractivity contribution in [1.82, 2.24) is 5.32 Å². The van der Waals surface area contributed by atoms with Gasteiger partial charge in [0.2, 0.25) is 0 Å². The van der Waals surface area contributed by atoms with Gasteiger partial charge in [-0.2, -0.15) is 0 Å². The number of nitrogens with one attached hydrogen (secondary N) is 1. The van der Waals surface area contributed by atoms with Crippen LogP contribution in [0.2, 0.25) is 5.02 Å². The lowest BCUT2D eigenvalue weighted by Gasteiger charge is -2.19. The third kappa shape index (κ3) is 2.76. The van der Waals surface area contributed by atoms with E-state index < -0.39 is 0 Å². The fourth-order valence-corrected chi connectivity index (χ4v) is 2.34. The summed E-state index contributed by atoms with van der Waals surface area (Å²) in [5.74, 6) is 0.118. The molecule has 0 saturated carbocycles. The van der Waals surface area contributed by atoms with Gasteiger partial charge < -0.3 is 9.73 Å². The number of hydrogen-bond donors (Lipinski definition) is 1. The van der Waals surface area contributed by atoms with Gasteiger partial charge in [-0.1, -0.05) is 11.6 Å². The molecule has 3 nitrogen and oxygen atoms in total. The quantitative estimate of drug-likeness (QED) is 0.849. The summed E-state index contributed by atoms with van der Waals surface area (Å²) in [5, 5.41) is 4.32. The maximum absolute atomic E-state index is 12.2. The second-order valence-electron chi connectivity index (χ2n) is 5.88. The van der Waals surface area contributed by atoms with Crippen LogP contribution < -0.4 is 5.32 Å². The molecule has 1 heterocycles. The Bertz CT molecular complexity index is 650. The summed E-state index contributed by atoms with van der Waals surface area (Å²) >= 11 is 6.16. The first-order valence-corrected chi connectivity index (χ1v) is 6.58. The molecule has 19 heavy (non-hydrogen) atoms. The van der Waals surface area contributed by atoms with Crippen LogP contribution in [-0.4, -0.2) is 11.4 Å². The molecule has 0 atom stereocenters. The average molecular weight is 280 g/mol. The van der Waals surface area contributed by atoms with Gasteiger partial charge in [0.15, 0.2) is 11.3 Å². The van der Waals surface area contributed by atoms with E-state index in [1.807, 2.05) is 46.8 Å². The summed E-state index contributed by atoms with van der Waals surface area (Å²) in [5.41, 5.74) is 2.14. The van der Waals surface area contributed by atoms with Gasteiger partial charge in [-0.15, -0.1) is 0 Å². The van der Waals surface area contributed by atoms with Crippen LogP contribution in [0, 0.1) is 13.8 Å². The van der Waals surface area contributed by atoms with E-state index in [1.54, 1.807) is 0 Å². The predicted octanol–water partition coefficient (Wildman–Crippen LogP) is 4.23. The molecule has 0 aliphatic rings. The van der Waals surface area contributed by atoms with Gasteiger partial charge in [-0.05, 0) is 52.3 Å². The number of carbonyl (C=O) groups is 1. The summed E-state index contributed by atoms with van der Waals surface area (Å²) in [6.45, 7) is 9.63. The molecule has 0 saturated heterocycles. The van der Waals surface area contributed by atoms with E-state index in [0.29, 0.717) is 16.4 Å². The van der Waals surface area contributed by atoms with E-state index in [4.69, 9.17) is 16.0 Å². The molecular formula is C15H18ClNO2. The summed E-state index contributed by atoms with van der Waals surface area (Å²) in [6.07, 6.45) is 0. The monoisotopic (exact) mass is 279 g/mol. The van der Waals surface area contributed by atoms with Crippen LogP contribution in [0.25, 0.3) is 11.0 Å². The lowest BCUT2D eigenvalue weighted by molar-refractivity contribution is 0.0892. The number of fused-ring (bicyclic) bond motifs is 1. The number of carbonyl (C=O) groups excluding carboxylic acids is 1. The first kappa shape index (κ1) is 13.9. The molecule has 1 aromatic heterocycles. The molecule has 0 aliphatic carbocycles. The Morgan fingerprint density at radius 1 is 1.26 bits per heavy atom. The molecule has 102 valence electrons. The highest BCUT2D eigenvalue weighted by Crippen LogP contribution is 2.32. The fraction of sp³-hybridized carbons (Fsp3) is 0.400. The highest BCUT2D eigenvalue weighted by atomic mass is 35.5. The van der Waals surface area contributed by atoms with E-state index in [0.717, 1.165) is 16.5 Å². The van der Waals surface area contributed by atoms with Crippen LogP contribution >= 0.6 is 11.6 Å². The zero-order chi connectivity index (χ0) is 14.4. The maximum Gasteiger partial charge on any atom is 0.287 e. The smallest absolute Gasteiger partial charge is 0.287 e. The summed E-state index contributed by atoms with van der Waals surface area (Å²) in [6, 6.07) is 3.81. The minimum Gasteiger partial charge on any atom is -0.449 e. The molecule has 2 rings (SSSR count). The van der Waals surface area contributed by atoms with Crippen LogP contribution in [0.1, 0.15) is 42.5 Å². The normalized spacial score (nSPS) is 11.9. The van der Waals surface area contributed by atoms with Gasteiger partial charge in [0.25, 0.3) is 5.91 Å². The summed E-state index contributed by atoms with van der Waals surface area (Å²) in [7, 11) is 0. The second kappa shape index (κ2) is 4.57. The van der Waals surface area contributed by atoms with Crippen LogP contribution in [0.4, 0.5) is 0 Å². The number of aryl methyl sites for hydroxylation is 2. The molecular weight excluding hydrogens is 262 g/mol. The number of benzene rings is 1. The highest BCUT2D eigenvalue weighted by molar-refractivity contribution is 6.35. The van der Waals surface area contributed by atoms with Gasteiger partial charge in [-0.25, -0.2) is 0 Å². The third-order valence-corrected chi connectivity index (χ3v) is 3.11. The van der Waals surface area contributed by atoms with Crippen LogP contribution in [-0.2, 0) is 0 Å². The second-order valence-corrected chi connectivity index (χ2v) is 6.29. The van der Waals surface area contributed by atoms with E-state index >= 15 is 0 Å². The molecule has 1 aromatic carbocycles. The number of amides is 1. The lowest BCUT2D eigenvalue weighted by Crippen LogP contribution is -2.40. The minimum atomic E-state index is -0.303. The van der Waals surface area contributed by atoms with Crippen molar-refractivity contribution in [2.45, 2.75) is 40.2 Å². The summed E-state index contributed by atoms with van der Waals surface area (Å²) < 4.78 is 5.65. The van der Waals surface area contributed by atoms with Crippen LogP contribution in [0.5, 0.6) is 0 Å². The van der Waals surface area contributed by atoms with Crippen molar-refractivity contribution in [2.24, 2.45) is 0 Å². The Kier molecular flexibility index (Phi) is 3.35. The third-order valence-electron chi connectivity index (χ3n) is 2.83. The van der Waals surface area contributed by atoms with E-state index in [9.17, 15) is 4.79 Å². The molecule has 0 fully saturated rings. The number of halogens is 1. The first-order valence-electron chi connectivity index (χ1n) is 6.21. The zero-order valence-corrected chi connectivity index (χ0v) is 12.6. The molecule has 0 radical (unpaired) electrons. The highest BCUT2D eigenvalue weighted by Gasteiger charge is 2.22. The van der Waals surface area contributed by atoms with Crippen molar-refractivity contribution >= 4 is 28.5 Å². The predicted molar refractivity (Wildman–Crippen MR) is 77.9 cm³/mol. The molecule has 1 N–H and O–H groups in total. The van der Waals surface area contributed by atoms with Gasteiger partial charge in [0.1, 0.15) is 0 Å². The maximum atomic E-state index is 12.2. The molecule has 0 aliphatic heterocycles. The molecule has 4 heteroatoms. The van der Waals surface area contributed by atoms with Crippen LogP contribution in [0.15, 0.2) is 16.5 Å². The van der Waals surface area contributed by atoms with E-state index in [2.05, 4.69) is 5.32 Å². The van der Waals surface area contributed by atoms with Crippen molar-refractivity contribution in [3.8, 4) is 0 Å². The fourth-order valence-electron chi connectivity index (χ4n) is 2.03. The number of rotatable bonds is 1. The standard InChI is InChI=1S/C15H18ClNO2/c1-8-6-10-9(2)12(14(18)17-15(3,4)5)19-13(10)11(16)7-8/h6-7H,1-5H3,(H,17,18). The molecule has 0 bridgehead atoms. The molecule has 2 aromatic rings. The largest absolute Gasteiger partial charge is 0.449 e. The zero-order valence-electron chi connectivity index (χ0n) is 11.8. The average Bonchev–Trinajstić information content (AvgIpc) is 2.54. The molecule has 0 spiro atoms. The Morgan fingerprint density at radius 3 is 2.47 bits per heavy atom. The first-order chi connectivity index (χ1) is 8.69. The van der Waals surface area contributed by atoms with Crippen molar-refractivity contribution in [3.63, 3.8) is 0 Å². The number of furan rings is 1. The number of hydrogen-bond acceptors (Lipinski definition) is 2.